The molecule has 20 heavy (non-hydrogen) atoms. The van der Waals surface area contributed by atoms with E-state index < -0.39 is 5.76 Å². The van der Waals surface area contributed by atoms with Crippen LogP contribution >= 0.6 is 0 Å². The van der Waals surface area contributed by atoms with Crippen LogP contribution in [-0.4, -0.2) is 14.8 Å². The van der Waals surface area contributed by atoms with Crippen molar-refractivity contribution in [1.82, 2.24) is 14.8 Å². The van der Waals surface area contributed by atoms with E-state index in [0.717, 1.165) is 13.0 Å². The molecule has 0 atom stereocenters. The summed E-state index contributed by atoms with van der Waals surface area (Å²) < 4.78 is 12.4. The lowest BCUT2D eigenvalue weighted by molar-refractivity contribution is 0.483. The molecule has 7 nitrogen and oxygen atoms in total. The number of rotatable bonds is 4. The van der Waals surface area contributed by atoms with Gasteiger partial charge in [0.25, 0.3) is 0 Å². The van der Waals surface area contributed by atoms with Gasteiger partial charge in [0, 0.05) is 18.7 Å². The van der Waals surface area contributed by atoms with E-state index in [0.29, 0.717) is 28.3 Å². The van der Waals surface area contributed by atoms with E-state index in [1.165, 1.54) is 0 Å². The topological polar surface area (TPSA) is 99.1 Å². The zero-order valence-corrected chi connectivity index (χ0v) is 10.9. The number of fused-ring (bicyclic) bond motifs is 1. The Labute approximate surface area is 114 Å². The number of ether oxygens (including phenoxy) is 1. The summed E-state index contributed by atoms with van der Waals surface area (Å²) in [4.78, 5) is 13.7. The molecule has 0 saturated carbocycles. The number of nitrogens with two attached hydrogens (primary N) is 1. The van der Waals surface area contributed by atoms with Gasteiger partial charge in [-0.25, -0.2) is 4.79 Å². The first kappa shape index (κ1) is 12.3. The Morgan fingerprint density at radius 3 is 3.15 bits per heavy atom. The largest absolute Gasteiger partial charge is 0.452 e. The summed E-state index contributed by atoms with van der Waals surface area (Å²) in [7, 11) is 0. The smallest absolute Gasteiger partial charge is 0.417 e. The summed E-state index contributed by atoms with van der Waals surface area (Å²) in [6, 6.07) is 3.19. The third-order valence-corrected chi connectivity index (χ3v) is 2.84. The quantitative estimate of drug-likeness (QED) is 0.710. The molecule has 3 aromatic rings. The molecule has 0 aliphatic carbocycles. The standard InChI is InChI=1S/C13H14N4O3/c1-2-3-17-7-8(6-15-17)19-11-5-10-12(4-9(11)14)20-13(18)16-10/h4-7H,2-3,14H2,1H3,(H,16,18). The zero-order valence-electron chi connectivity index (χ0n) is 10.9. The van der Waals surface area contributed by atoms with Crippen LogP contribution in [0.4, 0.5) is 5.69 Å². The molecule has 0 saturated heterocycles. The summed E-state index contributed by atoms with van der Waals surface area (Å²) in [5.41, 5.74) is 7.22. The number of oxazole rings is 1. The van der Waals surface area contributed by atoms with Gasteiger partial charge in [0.15, 0.2) is 17.1 Å². The van der Waals surface area contributed by atoms with E-state index in [4.69, 9.17) is 14.9 Å². The van der Waals surface area contributed by atoms with Crippen LogP contribution in [0.15, 0.2) is 33.7 Å². The highest BCUT2D eigenvalue weighted by molar-refractivity contribution is 5.80. The fourth-order valence-electron chi connectivity index (χ4n) is 1.96. The molecule has 0 spiro atoms. The molecule has 0 aliphatic heterocycles. The number of aromatic nitrogens is 3. The van der Waals surface area contributed by atoms with Gasteiger partial charge in [0.05, 0.1) is 23.6 Å². The van der Waals surface area contributed by atoms with Crippen LogP contribution in [-0.2, 0) is 6.54 Å². The van der Waals surface area contributed by atoms with E-state index in [-0.39, 0.29) is 0 Å². The molecular weight excluding hydrogens is 260 g/mol. The number of aromatic amines is 1. The minimum atomic E-state index is -0.521. The average molecular weight is 274 g/mol. The molecule has 1 aromatic carbocycles. The number of benzene rings is 1. The highest BCUT2D eigenvalue weighted by Gasteiger charge is 2.09. The molecule has 0 fully saturated rings. The number of aryl methyl sites for hydroxylation is 1. The lowest BCUT2D eigenvalue weighted by Gasteiger charge is -2.05. The average Bonchev–Trinajstić information content (AvgIpc) is 2.96. The van der Waals surface area contributed by atoms with Crippen molar-refractivity contribution < 1.29 is 9.15 Å². The van der Waals surface area contributed by atoms with Crippen molar-refractivity contribution >= 4 is 16.8 Å². The third kappa shape index (κ3) is 2.25. The van der Waals surface area contributed by atoms with Crippen LogP contribution in [0.2, 0.25) is 0 Å². The molecule has 3 rings (SSSR count). The maximum atomic E-state index is 11.1. The number of nitrogens with zero attached hydrogens (tertiary/aromatic N) is 2. The summed E-state index contributed by atoms with van der Waals surface area (Å²) in [5.74, 6) is 0.522. The number of hydrogen-bond acceptors (Lipinski definition) is 5. The predicted molar refractivity (Wildman–Crippen MR) is 73.8 cm³/mol. The Hall–Kier alpha value is -2.70. The summed E-state index contributed by atoms with van der Waals surface area (Å²) in [6.45, 7) is 2.90. The van der Waals surface area contributed by atoms with Gasteiger partial charge in [-0.1, -0.05) is 6.92 Å². The van der Waals surface area contributed by atoms with Gasteiger partial charge in [0.1, 0.15) is 0 Å². The van der Waals surface area contributed by atoms with Crippen LogP contribution in [0, 0.1) is 0 Å². The van der Waals surface area contributed by atoms with Crippen LogP contribution in [0.3, 0.4) is 0 Å². The first-order valence-corrected chi connectivity index (χ1v) is 6.28. The molecule has 2 aromatic heterocycles. The lowest BCUT2D eigenvalue weighted by Crippen LogP contribution is -1.95. The van der Waals surface area contributed by atoms with E-state index in [1.807, 2.05) is 0 Å². The lowest BCUT2D eigenvalue weighted by atomic mass is 10.2. The van der Waals surface area contributed by atoms with Gasteiger partial charge in [-0.2, -0.15) is 5.10 Å². The fraction of sp³-hybridized carbons (Fsp3) is 0.231. The second-order valence-corrected chi connectivity index (χ2v) is 4.44. The Morgan fingerprint density at radius 2 is 2.35 bits per heavy atom. The molecule has 0 radical (unpaired) electrons. The third-order valence-electron chi connectivity index (χ3n) is 2.84. The minimum absolute atomic E-state index is 0.392. The number of nitrogen functional groups attached to an aromatic ring is 1. The predicted octanol–water partition coefficient (Wildman–Crippen LogP) is 2.10. The molecule has 0 bridgehead atoms. The molecule has 2 heterocycles. The van der Waals surface area contributed by atoms with Crippen molar-refractivity contribution in [1.29, 1.82) is 0 Å². The van der Waals surface area contributed by atoms with Crippen LogP contribution in [0.25, 0.3) is 11.1 Å². The van der Waals surface area contributed by atoms with Gasteiger partial charge in [-0.3, -0.25) is 9.67 Å². The Morgan fingerprint density at radius 1 is 1.50 bits per heavy atom. The Kier molecular flexibility index (Phi) is 2.94. The molecule has 0 amide bonds. The summed E-state index contributed by atoms with van der Waals surface area (Å²) >= 11 is 0. The van der Waals surface area contributed by atoms with Gasteiger partial charge in [0.2, 0.25) is 0 Å². The van der Waals surface area contributed by atoms with Gasteiger partial charge < -0.3 is 14.9 Å². The highest BCUT2D eigenvalue weighted by Crippen LogP contribution is 2.30. The van der Waals surface area contributed by atoms with Crippen molar-refractivity contribution in [3.8, 4) is 11.5 Å². The van der Waals surface area contributed by atoms with E-state index in [9.17, 15) is 4.79 Å². The number of H-pyrrole nitrogens is 1. The minimum Gasteiger partial charge on any atom is -0.452 e. The van der Waals surface area contributed by atoms with Gasteiger partial charge in [-0.05, 0) is 6.42 Å². The first-order chi connectivity index (χ1) is 9.65. The molecule has 0 aliphatic rings. The van der Waals surface area contributed by atoms with Crippen LogP contribution in [0.1, 0.15) is 13.3 Å². The van der Waals surface area contributed by atoms with Crippen molar-refractivity contribution in [2.75, 3.05) is 5.73 Å². The van der Waals surface area contributed by atoms with Gasteiger partial charge in [-0.15, -0.1) is 0 Å². The SMILES string of the molecule is CCCn1cc(Oc2cc3[nH]c(=O)oc3cc2N)cn1. The van der Waals surface area contributed by atoms with Crippen molar-refractivity contribution in [3.63, 3.8) is 0 Å². The summed E-state index contributed by atoms with van der Waals surface area (Å²) in [6.07, 6.45) is 4.41. The molecule has 104 valence electrons. The Bertz CT molecular complexity index is 799. The monoisotopic (exact) mass is 274 g/mol. The van der Waals surface area contributed by atoms with Crippen LogP contribution < -0.4 is 16.2 Å². The first-order valence-electron chi connectivity index (χ1n) is 6.28. The highest BCUT2D eigenvalue weighted by atomic mass is 16.5. The molecule has 7 heteroatoms. The van der Waals surface area contributed by atoms with Crippen molar-refractivity contribution in [3.05, 3.63) is 35.1 Å². The maximum Gasteiger partial charge on any atom is 0.417 e. The number of nitrogens with one attached hydrogen (secondary N) is 1. The zero-order chi connectivity index (χ0) is 14.1. The molecular formula is C13H14N4O3. The Balaban J connectivity index is 1.92. The molecule has 3 N–H and O–H groups in total. The summed E-state index contributed by atoms with van der Waals surface area (Å²) in [5, 5.41) is 4.17. The second kappa shape index (κ2) is 4.76. The normalized spacial score (nSPS) is 11.1. The maximum absolute atomic E-state index is 11.1. The van der Waals surface area contributed by atoms with E-state index in [1.54, 1.807) is 29.2 Å². The van der Waals surface area contributed by atoms with Gasteiger partial charge >= 0.3 is 5.76 Å². The van der Waals surface area contributed by atoms with Crippen molar-refractivity contribution in [2.45, 2.75) is 19.9 Å². The van der Waals surface area contributed by atoms with Crippen LogP contribution in [0.5, 0.6) is 11.5 Å². The van der Waals surface area contributed by atoms with E-state index >= 15 is 0 Å². The second-order valence-electron chi connectivity index (χ2n) is 4.44. The number of anilines is 1. The van der Waals surface area contributed by atoms with Crippen molar-refractivity contribution in [2.24, 2.45) is 0 Å². The molecule has 0 unspecified atom stereocenters. The number of hydrogen-bond donors (Lipinski definition) is 2. The van der Waals surface area contributed by atoms with E-state index in [2.05, 4.69) is 17.0 Å². The fourth-order valence-corrected chi connectivity index (χ4v) is 1.96.